The van der Waals surface area contributed by atoms with Crippen LogP contribution >= 0.6 is 35.0 Å². The molecule has 0 saturated carbocycles. The molecule has 0 radical (unpaired) electrons. The number of thioether (sulfide) groups is 1. The molecule has 0 N–H and O–H groups in total. The average molecular weight is 447 g/mol. The predicted molar refractivity (Wildman–Crippen MR) is 117 cm³/mol. The average Bonchev–Trinajstić information content (AvgIpc) is 3.15. The van der Waals surface area contributed by atoms with Crippen molar-refractivity contribution in [2.45, 2.75) is 25.0 Å². The maximum absolute atomic E-state index is 12.8. The van der Waals surface area contributed by atoms with E-state index in [2.05, 4.69) is 10.2 Å². The normalized spacial score (nSPS) is 11.4. The topological polar surface area (TPSA) is 69.3 Å². The third-order valence-electron chi connectivity index (χ3n) is 4.50. The minimum Gasteiger partial charge on any atom is -0.293 e. The number of carbonyl (C=O) groups excluding carboxylic acids is 1. The molecule has 29 heavy (non-hydrogen) atoms. The third-order valence-corrected chi connectivity index (χ3v) is 6.17. The van der Waals surface area contributed by atoms with Gasteiger partial charge in [0.15, 0.2) is 10.9 Å². The molecule has 0 aliphatic carbocycles. The Morgan fingerprint density at radius 2 is 1.90 bits per heavy atom. The van der Waals surface area contributed by atoms with E-state index in [0.29, 0.717) is 44.0 Å². The molecular weight excluding hydrogens is 431 g/mol. The smallest absolute Gasteiger partial charge is 0.262 e. The molecular formula is C20H16Cl2N4O2S. The molecule has 2 heterocycles. The van der Waals surface area contributed by atoms with Crippen LogP contribution in [0.5, 0.6) is 0 Å². The zero-order valence-electron chi connectivity index (χ0n) is 15.4. The summed E-state index contributed by atoms with van der Waals surface area (Å²) in [5.41, 5.74) is 1.11. The molecule has 0 fully saturated rings. The molecule has 0 bridgehead atoms. The Morgan fingerprint density at radius 1 is 1.10 bits per heavy atom. The second-order valence-electron chi connectivity index (χ2n) is 6.43. The number of aromatic nitrogens is 4. The number of aryl methyl sites for hydroxylation is 1. The minimum absolute atomic E-state index is 0.0919. The lowest BCUT2D eigenvalue weighted by molar-refractivity contribution is 0.102. The molecule has 6 nitrogen and oxygen atoms in total. The van der Waals surface area contributed by atoms with Crippen LogP contribution in [0.15, 0.2) is 52.4 Å². The number of rotatable bonds is 6. The molecule has 0 aliphatic rings. The number of para-hydroxylation sites is 1. The van der Waals surface area contributed by atoms with Gasteiger partial charge in [0.1, 0.15) is 0 Å². The number of Topliss-reactive ketones (excluding diaryl/α,β-unsaturated/α-hetero) is 1. The van der Waals surface area contributed by atoms with E-state index in [1.807, 2.05) is 29.5 Å². The van der Waals surface area contributed by atoms with Gasteiger partial charge in [-0.1, -0.05) is 54.0 Å². The van der Waals surface area contributed by atoms with Gasteiger partial charge >= 0.3 is 0 Å². The van der Waals surface area contributed by atoms with Crippen molar-refractivity contribution in [2.75, 3.05) is 5.75 Å². The monoisotopic (exact) mass is 446 g/mol. The highest BCUT2D eigenvalue weighted by atomic mass is 35.5. The van der Waals surface area contributed by atoms with E-state index in [0.717, 1.165) is 6.42 Å². The van der Waals surface area contributed by atoms with Crippen molar-refractivity contribution in [3.8, 4) is 0 Å². The van der Waals surface area contributed by atoms with Crippen LogP contribution in [-0.4, -0.2) is 30.7 Å². The summed E-state index contributed by atoms with van der Waals surface area (Å²) in [6.45, 7) is 2.54. The molecule has 2 aromatic heterocycles. The highest BCUT2D eigenvalue weighted by Gasteiger charge is 2.18. The Bertz CT molecular complexity index is 1300. The number of hydrogen-bond acceptors (Lipinski definition) is 5. The van der Waals surface area contributed by atoms with E-state index >= 15 is 0 Å². The van der Waals surface area contributed by atoms with Crippen LogP contribution in [0, 0.1) is 0 Å². The molecule has 0 spiro atoms. The first-order valence-corrected chi connectivity index (χ1v) is 10.7. The SMILES string of the molecule is CCCn1c(=O)c2ccccc2n2c(SCC(=O)c3ccc(Cl)c(Cl)c3)nnc12. The molecule has 4 aromatic rings. The van der Waals surface area contributed by atoms with Crippen LogP contribution in [0.25, 0.3) is 16.7 Å². The highest BCUT2D eigenvalue weighted by molar-refractivity contribution is 7.99. The van der Waals surface area contributed by atoms with Crippen molar-refractivity contribution >= 4 is 57.4 Å². The predicted octanol–water partition coefficient (Wildman–Crippen LogP) is 4.74. The first-order chi connectivity index (χ1) is 14.0. The van der Waals surface area contributed by atoms with Crippen molar-refractivity contribution in [3.63, 3.8) is 0 Å². The van der Waals surface area contributed by atoms with Crippen molar-refractivity contribution in [2.24, 2.45) is 0 Å². The van der Waals surface area contributed by atoms with E-state index in [1.54, 1.807) is 28.8 Å². The van der Waals surface area contributed by atoms with Gasteiger partial charge in [-0.3, -0.25) is 18.6 Å². The fourth-order valence-corrected chi connectivity index (χ4v) is 4.27. The maximum atomic E-state index is 12.8. The highest BCUT2D eigenvalue weighted by Crippen LogP contribution is 2.25. The Morgan fingerprint density at radius 3 is 2.66 bits per heavy atom. The van der Waals surface area contributed by atoms with E-state index in [9.17, 15) is 9.59 Å². The van der Waals surface area contributed by atoms with Gasteiger partial charge in [-0.15, -0.1) is 10.2 Å². The summed E-state index contributed by atoms with van der Waals surface area (Å²) in [5, 5.41) is 10.4. The Kier molecular flexibility index (Phi) is 5.63. The molecule has 0 aliphatic heterocycles. The summed E-state index contributed by atoms with van der Waals surface area (Å²) in [4.78, 5) is 25.4. The molecule has 0 unspecified atom stereocenters. The lowest BCUT2D eigenvalue weighted by Crippen LogP contribution is -2.23. The number of carbonyl (C=O) groups is 1. The largest absolute Gasteiger partial charge is 0.293 e. The van der Waals surface area contributed by atoms with Crippen molar-refractivity contribution in [1.82, 2.24) is 19.2 Å². The minimum atomic E-state index is -0.100. The van der Waals surface area contributed by atoms with Crippen LogP contribution in [0.3, 0.4) is 0 Å². The number of halogens is 2. The van der Waals surface area contributed by atoms with Gasteiger partial charge in [0.05, 0.1) is 26.7 Å². The van der Waals surface area contributed by atoms with Gasteiger partial charge in [-0.2, -0.15) is 0 Å². The van der Waals surface area contributed by atoms with E-state index in [1.165, 1.54) is 11.8 Å². The maximum Gasteiger partial charge on any atom is 0.262 e. The quantitative estimate of drug-likeness (QED) is 0.316. The van der Waals surface area contributed by atoms with Crippen LogP contribution in [0.2, 0.25) is 10.0 Å². The summed E-state index contributed by atoms with van der Waals surface area (Å²) in [6, 6.07) is 12.1. The van der Waals surface area contributed by atoms with Crippen LogP contribution in [-0.2, 0) is 6.54 Å². The second kappa shape index (κ2) is 8.18. The van der Waals surface area contributed by atoms with Crippen molar-refractivity contribution in [1.29, 1.82) is 0 Å². The number of nitrogens with zero attached hydrogens (tertiary/aromatic N) is 4. The third kappa shape index (κ3) is 3.66. The van der Waals surface area contributed by atoms with E-state index in [-0.39, 0.29) is 17.1 Å². The van der Waals surface area contributed by atoms with Crippen LogP contribution < -0.4 is 5.56 Å². The fraction of sp³-hybridized carbons (Fsp3) is 0.200. The summed E-state index contributed by atoms with van der Waals surface area (Å²) in [6.07, 6.45) is 0.791. The van der Waals surface area contributed by atoms with Crippen molar-refractivity contribution in [3.05, 3.63) is 68.4 Å². The first-order valence-electron chi connectivity index (χ1n) is 8.99. The lowest BCUT2D eigenvalue weighted by Gasteiger charge is -2.10. The summed E-state index contributed by atoms with van der Waals surface area (Å²) >= 11 is 13.2. The Balaban J connectivity index is 1.74. The molecule has 2 aromatic carbocycles. The molecule has 4 rings (SSSR count). The second-order valence-corrected chi connectivity index (χ2v) is 8.19. The number of benzene rings is 2. The van der Waals surface area contributed by atoms with Crippen molar-refractivity contribution < 1.29 is 4.79 Å². The summed E-state index contributed by atoms with van der Waals surface area (Å²) < 4.78 is 3.46. The molecule has 0 amide bonds. The number of fused-ring (bicyclic) bond motifs is 3. The Hall–Kier alpha value is -2.35. The Labute approximate surface area is 180 Å². The van der Waals surface area contributed by atoms with Gasteiger partial charge in [-0.25, -0.2) is 0 Å². The zero-order chi connectivity index (χ0) is 20.5. The zero-order valence-corrected chi connectivity index (χ0v) is 17.8. The van der Waals surface area contributed by atoms with Gasteiger partial charge in [0, 0.05) is 12.1 Å². The van der Waals surface area contributed by atoms with E-state index in [4.69, 9.17) is 23.2 Å². The van der Waals surface area contributed by atoms with Crippen LogP contribution in [0.1, 0.15) is 23.7 Å². The molecule has 148 valence electrons. The molecule has 9 heteroatoms. The lowest BCUT2D eigenvalue weighted by atomic mass is 10.1. The van der Waals surface area contributed by atoms with Crippen LogP contribution in [0.4, 0.5) is 0 Å². The number of hydrogen-bond donors (Lipinski definition) is 0. The standard InChI is InChI=1S/C20H16Cl2N4O2S/c1-2-9-25-18(28)13-5-3-4-6-16(13)26-19(25)23-24-20(26)29-11-17(27)12-7-8-14(21)15(22)10-12/h3-8,10H,2,9,11H2,1H3. The van der Waals surface area contributed by atoms with Gasteiger partial charge in [-0.05, 0) is 36.8 Å². The summed E-state index contributed by atoms with van der Waals surface area (Å²) in [7, 11) is 0. The van der Waals surface area contributed by atoms with E-state index < -0.39 is 0 Å². The number of ketones is 1. The van der Waals surface area contributed by atoms with Gasteiger partial charge in [0.2, 0.25) is 5.78 Å². The molecule has 0 saturated heterocycles. The van der Waals surface area contributed by atoms with Gasteiger partial charge in [0.25, 0.3) is 5.56 Å². The summed E-state index contributed by atoms with van der Waals surface area (Å²) in [5.74, 6) is 0.525. The van der Waals surface area contributed by atoms with Gasteiger partial charge < -0.3 is 0 Å². The fourth-order valence-electron chi connectivity index (χ4n) is 3.14. The first kappa shape index (κ1) is 19.9. The molecule has 0 atom stereocenters.